The summed E-state index contributed by atoms with van der Waals surface area (Å²) in [5, 5.41) is 7.56. The maximum atomic E-state index is 5.48. The van der Waals surface area contributed by atoms with Gasteiger partial charge in [-0.15, -0.1) is 5.10 Å². The van der Waals surface area contributed by atoms with Crippen molar-refractivity contribution in [3.63, 3.8) is 0 Å². The molecule has 2 heterocycles. The predicted molar refractivity (Wildman–Crippen MR) is 80.2 cm³/mol. The predicted octanol–water partition coefficient (Wildman–Crippen LogP) is 3.82. The van der Waals surface area contributed by atoms with Gasteiger partial charge in [0.15, 0.2) is 4.77 Å². The maximum Gasteiger partial charge on any atom is 0.226 e. The minimum absolute atomic E-state index is 0.202. The summed E-state index contributed by atoms with van der Waals surface area (Å²) in [7, 11) is 0. The lowest BCUT2D eigenvalue weighted by molar-refractivity contribution is 0.347. The van der Waals surface area contributed by atoms with Crippen molar-refractivity contribution in [1.82, 2.24) is 14.8 Å². The zero-order valence-electron chi connectivity index (χ0n) is 12.0. The van der Waals surface area contributed by atoms with Crippen LogP contribution in [0.5, 0.6) is 0 Å². The van der Waals surface area contributed by atoms with E-state index < -0.39 is 0 Å². The summed E-state index contributed by atoms with van der Waals surface area (Å²) in [5.74, 6) is 1.07. The summed E-state index contributed by atoms with van der Waals surface area (Å²) in [6, 6.07) is 0.548. The highest BCUT2D eigenvalue weighted by molar-refractivity contribution is 7.71. The molecule has 1 aromatic rings. The van der Waals surface area contributed by atoms with E-state index in [1.807, 2.05) is 0 Å². The number of hydrogen-bond acceptors (Lipinski definition) is 3. The van der Waals surface area contributed by atoms with Gasteiger partial charge in [0, 0.05) is 18.1 Å². The van der Waals surface area contributed by atoms with E-state index in [9.17, 15) is 0 Å². The van der Waals surface area contributed by atoms with Crippen LogP contribution < -0.4 is 4.90 Å². The first-order valence-corrected chi connectivity index (χ1v) is 7.95. The van der Waals surface area contributed by atoms with E-state index in [-0.39, 0.29) is 5.54 Å². The molecule has 0 aromatic carbocycles. The van der Waals surface area contributed by atoms with Gasteiger partial charge in [-0.2, -0.15) is 0 Å². The Labute approximate surface area is 120 Å². The standard InChI is InChI=1S/C14H24N4S/c1-14(2)9-6-10-17(14)12-15-16-13(19)18(12)11-7-4-3-5-8-11/h11H,3-10H2,1-2H3,(H,16,19). The van der Waals surface area contributed by atoms with Gasteiger partial charge in [0.25, 0.3) is 0 Å². The van der Waals surface area contributed by atoms with Crippen LogP contribution in [0.3, 0.4) is 0 Å². The molecule has 1 saturated heterocycles. The summed E-state index contributed by atoms with van der Waals surface area (Å²) in [5.41, 5.74) is 0.202. The summed E-state index contributed by atoms with van der Waals surface area (Å²) >= 11 is 5.48. The van der Waals surface area contributed by atoms with Crippen LogP contribution in [0.1, 0.15) is 64.8 Å². The third-order valence-corrected chi connectivity index (χ3v) is 5.06. The van der Waals surface area contributed by atoms with Crippen molar-refractivity contribution in [2.45, 2.75) is 70.4 Å². The van der Waals surface area contributed by atoms with Crippen molar-refractivity contribution in [3.05, 3.63) is 4.77 Å². The molecule has 1 saturated carbocycles. The average Bonchev–Trinajstić information content (AvgIpc) is 2.92. The Morgan fingerprint density at radius 3 is 2.58 bits per heavy atom. The molecule has 0 amide bonds. The Kier molecular flexibility index (Phi) is 3.41. The Morgan fingerprint density at radius 1 is 1.21 bits per heavy atom. The molecule has 19 heavy (non-hydrogen) atoms. The number of rotatable bonds is 2. The van der Waals surface area contributed by atoms with Crippen molar-refractivity contribution in [3.8, 4) is 0 Å². The Morgan fingerprint density at radius 2 is 1.95 bits per heavy atom. The number of nitrogens with one attached hydrogen (secondary N) is 1. The fraction of sp³-hybridized carbons (Fsp3) is 0.857. The zero-order valence-corrected chi connectivity index (χ0v) is 12.8. The fourth-order valence-corrected chi connectivity index (χ4v) is 3.91. The highest BCUT2D eigenvalue weighted by atomic mass is 32.1. The van der Waals surface area contributed by atoms with E-state index in [4.69, 9.17) is 12.2 Å². The highest BCUT2D eigenvalue weighted by Gasteiger charge is 2.36. The van der Waals surface area contributed by atoms with Gasteiger partial charge in [0.05, 0.1) is 0 Å². The van der Waals surface area contributed by atoms with E-state index in [2.05, 4.69) is 33.5 Å². The number of anilines is 1. The lowest BCUT2D eigenvalue weighted by atomic mass is 9.95. The van der Waals surface area contributed by atoms with Gasteiger partial charge >= 0.3 is 0 Å². The normalized spacial score (nSPS) is 24.0. The van der Waals surface area contributed by atoms with E-state index in [1.54, 1.807) is 0 Å². The molecule has 1 aliphatic carbocycles. The Bertz CT molecular complexity index is 496. The first-order chi connectivity index (χ1) is 9.09. The lowest BCUT2D eigenvalue weighted by Crippen LogP contribution is -2.40. The molecular weight excluding hydrogens is 256 g/mol. The maximum absolute atomic E-state index is 5.48. The molecule has 1 N–H and O–H groups in total. The largest absolute Gasteiger partial charge is 0.336 e. The summed E-state index contributed by atoms with van der Waals surface area (Å²) in [6.07, 6.45) is 8.98. The summed E-state index contributed by atoms with van der Waals surface area (Å²) in [6.45, 7) is 5.71. The zero-order chi connectivity index (χ0) is 13.5. The monoisotopic (exact) mass is 280 g/mol. The first-order valence-electron chi connectivity index (χ1n) is 7.54. The van der Waals surface area contributed by atoms with Crippen LogP contribution in [0.15, 0.2) is 0 Å². The highest BCUT2D eigenvalue weighted by Crippen LogP contribution is 2.36. The molecule has 106 valence electrons. The van der Waals surface area contributed by atoms with Gasteiger partial charge in [0.2, 0.25) is 5.95 Å². The van der Waals surface area contributed by atoms with E-state index in [0.29, 0.717) is 6.04 Å². The van der Waals surface area contributed by atoms with Crippen LogP contribution in [0, 0.1) is 4.77 Å². The van der Waals surface area contributed by atoms with Crippen LogP contribution in [-0.2, 0) is 0 Å². The second kappa shape index (κ2) is 4.93. The van der Waals surface area contributed by atoms with E-state index in [0.717, 1.165) is 17.3 Å². The summed E-state index contributed by atoms with van der Waals surface area (Å²) < 4.78 is 3.09. The second-order valence-corrected chi connectivity index (χ2v) is 6.94. The average molecular weight is 280 g/mol. The van der Waals surface area contributed by atoms with Crippen LogP contribution in [0.4, 0.5) is 5.95 Å². The third-order valence-electron chi connectivity index (χ3n) is 4.77. The molecule has 0 unspecified atom stereocenters. The van der Waals surface area contributed by atoms with Crippen molar-refractivity contribution in [2.24, 2.45) is 0 Å². The smallest absolute Gasteiger partial charge is 0.226 e. The molecule has 0 bridgehead atoms. The molecule has 2 aliphatic rings. The van der Waals surface area contributed by atoms with Gasteiger partial charge in [0.1, 0.15) is 0 Å². The van der Waals surface area contributed by atoms with Gasteiger partial charge in [-0.3, -0.25) is 4.57 Å². The molecule has 3 rings (SSSR count). The molecule has 2 fully saturated rings. The Balaban J connectivity index is 1.96. The second-order valence-electron chi connectivity index (χ2n) is 6.56. The van der Waals surface area contributed by atoms with Crippen molar-refractivity contribution >= 4 is 18.2 Å². The lowest BCUT2D eigenvalue weighted by Gasteiger charge is -2.34. The molecule has 1 aliphatic heterocycles. The van der Waals surface area contributed by atoms with Gasteiger partial charge < -0.3 is 4.90 Å². The SMILES string of the molecule is CC1(C)CCCN1c1n[nH]c(=S)n1C1CCCCC1. The van der Waals surface area contributed by atoms with Crippen molar-refractivity contribution in [1.29, 1.82) is 0 Å². The van der Waals surface area contributed by atoms with E-state index in [1.165, 1.54) is 44.9 Å². The molecule has 0 spiro atoms. The molecule has 0 radical (unpaired) electrons. The Hall–Kier alpha value is -0.840. The molecule has 1 aromatic heterocycles. The topological polar surface area (TPSA) is 36.9 Å². The van der Waals surface area contributed by atoms with Gasteiger partial charge in [-0.05, 0) is 51.7 Å². The molecular formula is C14H24N4S. The number of hydrogen-bond donors (Lipinski definition) is 1. The van der Waals surface area contributed by atoms with Crippen LogP contribution in [0.2, 0.25) is 0 Å². The van der Waals surface area contributed by atoms with Crippen LogP contribution in [0.25, 0.3) is 0 Å². The van der Waals surface area contributed by atoms with Gasteiger partial charge in [-0.1, -0.05) is 19.3 Å². The first kappa shape index (κ1) is 13.2. The summed E-state index contributed by atoms with van der Waals surface area (Å²) in [4.78, 5) is 2.44. The quantitative estimate of drug-likeness (QED) is 0.837. The minimum atomic E-state index is 0.202. The van der Waals surface area contributed by atoms with Crippen molar-refractivity contribution < 1.29 is 0 Å². The fourth-order valence-electron chi connectivity index (χ4n) is 3.63. The van der Waals surface area contributed by atoms with Crippen LogP contribution >= 0.6 is 12.2 Å². The number of nitrogens with zero attached hydrogens (tertiary/aromatic N) is 3. The number of H-pyrrole nitrogens is 1. The minimum Gasteiger partial charge on any atom is -0.336 e. The molecule has 5 heteroatoms. The third kappa shape index (κ3) is 2.33. The molecule has 0 atom stereocenters. The molecule has 4 nitrogen and oxygen atoms in total. The number of aromatic amines is 1. The van der Waals surface area contributed by atoms with Crippen molar-refractivity contribution in [2.75, 3.05) is 11.4 Å². The van der Waals surface area contributed by atoms with Gasteiger partial charge in [-0.25, -0.2) is 5.10 Å². The van der Waals surface area contributed by atoms with E-state index >= 15 is 0 Å². The number of aromatic nitrogens is 3. The van der Waals surface area contributed by atoms with Crippen LogP contribution in [-0.4, -0.2) is 26.8 Å².